The predicted octanol–water partition coefficient (Wildman–Crippen LogP) is 2.10. The summed E-state index contributed by atoms with van der Waals surface area (Å²) in [4.78, 5) is 27.4. The van der Waals surface area contributed by atoms with Crippen molar-refractivity contribution in [1.29, 1.82) is 0 Å². The normalized spacial score (nSPS) is 20.4. The number of benzene rings is 1. The molecule has 1 fully saturated rings. The zero-order chi connectivity index (χ0) is 16.2. The molecule has 23 heavy (non-hydrogen) atoms. The van der Waals surface area contributed by atoms with Crippen LogP contribution in [-0.2, 0) is 0 Å². The summed E-state index contributed by atoms with van der Waals surface area (Å²) in [5.41, 5.74) is 7.50. The molecule has 4 N–H and O–H groups in total. The Balaban J connectivity index is 1.67. The third kappa shape index (κ3) is 3.35. The topological polar surface area (TPSA) is 88.0 Å². The average Bonchev–Trinajstić information content (AvgIpc) is 3.25. The summed E-state index contributed by atoms with van der Waals surface area (Å²) in [5, 5.41) is 3.06. The number of nitrogens with one attached hydrogen (secondary N) is 2. The minimum absolute atomic E-state index is 0.0582. The predicted molar refractivity (Wildman–Crippen MR) is 88.3 cm³/mol. The molecule has 1 heterocycles. The number of hydrogen-bond donors (Lipinski definition) is 3. The molecule has 1 aliphatic rings. The van der Waals surface area contributed by atoms with Gasteiger partial charge in [0.1, 0.15) is 0 Å². The van der Waals surface area contributed by atoms with Crippen LogP contribution in [0.5, 0.6) is 0 Å². The number of aromatic nitrogens is 1. The van der Waals surface area contributed by atoms with Crippen molar-refractivity contribution in [3.63, 3.8) is 0 Å². The standard InChI is InChI=1S/C18H21N3O2/c19-10-14-2-1-3-16(14)21-18(23)13-6-4-12(5-7-13)17(22)15-8-9-20-11-15/h4-9,11,14,16,20H,1-3,10,19H2,(H,21,23). The van der Waals surface area contributed by atoms with Crippen molar-refractivity contribution < 1.29 is 9.59 Å². The quantitative estimate of drug-likeness (QED) is 0.739. The second-order valence-corrected chi connectivity index (χ2v) is 6.01. The van der Waals surface area contributed by atoms with Crippen LogP contribution in [-0.4, -0.2) is 29.3 Å². The van der Waals surface area contributed by atoms with Crippen LogP contribution in [0.1, 0.15) is 45.5 Å². The summed E-state index contributed by atoms with van der Waals surface area (Å²) >= 11 is 0. The molecule has 3 rings (SSSR count). The lowest BCUT2D eigenvalue weighted by Gasteiger charge is -2.19. The van der Waals surface area contributed by atoms with Gasteiger partial charge < -0.3 is 16.0 Å². The number of carbonyl (C=O) groups is 2. The maximum atomic E-state index is 12.3. The van der Waals surface area contributed by atoms with E-state index in [1.54, 1.807) is 42.7 Å². The monoisotopic (exact) mass is 311 g/mol. The highest BCUT2D eigenvalue weighted by Crippen LogP contribution is 2.24. The van der Waals surface area contributed by atoms with Crippen molar-refractivity contribution in [1.82, 2.24) is 10.3 Å². The Hall–Kier alpha value is -2.40. The largest absolute Gasteiger partial charge is 0.367 e. The zero-order valence-electron chi connectivity index (χ0n) is 12.9. The minimum Gasteiger partial charge on any atom is -0.367 e. The van der Waals surface area contributed by atoms with Gasteiger partial charge in [0, 0.05) is 35.1 Å². The lowest BCUT2D eigenvalue weighted by molar-refractivity contribution is 0.0927. The maximum Gasteiger partial charge on any atom is 0.251 e. The molecule has 1 aromatic carbocycles. The van der Waals surface area contributed by atoms with Crippen molar-refractivity contribution in [3.05, 3.63) is 59.4 Å². The molecule has 120 valence electrons. The van der Waals surface area contributed by atoms with Gasteiger partial charge in [0.15, 0.2) is 5.78 Å². The van der Waals surface area contributed by atoms with E-state index in [9.17, 15) is 9.59 Å². The zero-order valence-corrected chi connectivity index (χ0v) is 12.9. The number of nitrogens with two attached hydrogens (primary N) is 1. The highest BCUT2D eigenvalue weighted by Gasteiger charge is 2.27. The van der Waals surface area contributed by atoms with Gasteiger partial charge in [-0.3, -0.25) is 9.59 Å². The van der Waals surface area contributed by atoms with E-state index in [1.165, 1.54) is 0 Å². The first-order chi connectivity index (χ1) is 11.2. The van der Waals surface area contributed by atoms with Crippen LogP contribution in [0.15, 0.2) is 42.7 Å². The summed E-state index contributed by atoms with van der Waals surface area (Å²) in [7, 11) is 0. The molecule has 5 heteroatoms. The van der Waals surface area contributed by atoms with E-state index in [4.69, 9.17) is 5.73 Å². The molecule has 0 bridgehead atoms. The van der Waals surface area contributed by atoms with E-state index < -0.39 is 0 Å². The van der Waals surface area contributed by atoms with Gasteiger partial charge in [-0.2, -0.15) is 0 Å². The Morgan fingerprint density at radius 3 is 2.48 bits per heavy atom. The summed E-state index contributed by atoms with van der Waals surface area (Å²) in [6.07, 6.45) is 6.54. The molecule has 2 unspecified atom stereocenters. The second kappa shape index (κ2) is 6.79. The number of H-pyrrole nitrogens is 1. The summed E-state index contributed by atoms with van der Waals surface area (Å²) in [6.45, 7) is 0.606. The van der Waals surface area contributed by atoms with E-state index >= 15 is 0 Å². The molecular formula is C18H21N3O2. The van der Waals surface area contributed by atoms with Crippen LogP contribution < -0.4 is 11.1 Å². The van der Waals surface area contributed by atoms with E-state index in [1.807, 2.05) is 0 Å². The fourth-order valence-corrected chi connectivity index (χ4v) is 3.17. The number of ketones is 1. The SMILES string of the molecule is NCC1CCCC1NC(=O)c1ccc(C(=O)c2cc[nH]c2)cc1. The second-order valence-electron chi connectivity index (χ2n) is 6.01. The number of amides is 1. The lowest BCUT2D eigenvalue weighted by Crippen LogP contribution is -2.39. The van der Waals surface area contributed by atoms with Crippen molar-refractivity contribution in [3.8, 4) is 0 Å². The van der Waals surface area contributed by atoms with Crippen LogP contribution in [0, 0.1) is 5.92 Å². The van der Waals surface area contributed by atoms with Crippen molar-refractivity contribution in [2.24, 2.45) is 11.7 Å². The summed E-state index contributed by atoms with van der Waals surface area (Å²) < 4.78 is 0. The highest BCUT2D eigenvalue weighted by atomic mass is 16.1. The number of aromatic amines is 1. The van der Waals surface area contributed by atoms with Crippen molar-refractivity contribution >= 4 is 11.7 Å². The third-order valence-electron chi connectivity index (χ3n) is 4.55. The fraction of sp³-hybridized carbons (Fsp3) is 0.333. The minimum atomic E-state index is -0.101. The van der Waals surface area contributed by atoms with Gasteiger partial charge >= 0.3 is 0 Å². The van der Waals surface area contributed by atoms with E-state index in [-0.39, 0.29) is 17.7 Å². The van der Waals surface area contributed by atoms with Gasteiger partial charge in [-0.25, -0.2) is 0 Å². The Labute approximate surface area is 135 Å². The van der Waals surface area contributed by atoms with Gasteiger partial charge in [0.25, 0.3) is 5.91 Å². The summed E-state index contributed by atoms with van der Waals surface area (Å²) in [5.74, 6) is 0.210. The maximum absolute atomic E-state index is 12.3. The molecule has 0 spiro atoms. The molecule has 0 aliphatic heterocycles. The molecular weight excluding hydrogens is 290 g/mol. The Morgan fingerprint density at radius 2 is 1.83 bits per heavy atom. The molecule has 1 aromatic heterocycles. The van der Waals surface area contributed by atoms with Crippen LogP contribution >= 0.6 is 0 Å². The molecule has 1 saturated carbocycles. The van der Waals surface area contributed by atoms with E-state index in [2.05, 4.69) is 10.3 Å². The Kier molecular flexibility index (Phi) is 4.57. The molecule has 1 amide bonds. The Bertz CT molecular complexity index is 677. The first-order valence-corrected chi connectivity index (χ1v) is 7.97. The molecule has 1 aliphatic carbocycles. The molecule has 2 atom stereocenters. The first kappa shape index (κ1) is 15.5. The van der Waals surface area contributed by atoms with E-state index in [0.29, 0.717) is 29.2 Å². The smallest absolute Gasteiger partial charge is 0.251 e. The average molecular weight is 311 g/mol. The van der Waals surface area contributed by atoms with E-state index in [0.717, 1.165) is 19.3 Å². The third-order valence-corrected chi connectivity index (χ3v) is 4.55. The number of carbonyl (C=O) groups excluding carboxylic acids is 2. The van der Waals surface area contributed by atoms with Gasteiger partial charge in [0.05, 0.1) is 0 Å². The van der Waals surface area contributed by atoms with Gasteiger partial charge in [-0.1, -0.05) is 18.6 Å². The first-order valence-electron chi connectivity index (χ1n) is 7.97. The van der Waals surface area contributed by atoms with Crippen LogP contribution in [0.25, 0.3) is 0 Å². The molecule has 0 saturated heterocycles. The number of rotatable bonds is 5. The van der Waals surface area contributed by atoms with Crippen LogP contribution in [0.2, 0.25) is 0 Å². The molecule has 0 radical (unpaired) electrons. The van der Waals surface area contributed by atoms with Gasteiger partial charge in [0.2, 0.25) is 0 Å². The molecule has 5 nitrogen and oxygen atoms in total. The van der Waals surface area contributed by atoms with Gasteiger partial charge in [-0.05, 0) is 43.5 Å². The van der Waals surface area contributed by atoms with Crippen molar-refractivity contribution in [2.75, 3.05) is 6.54 Å². The van der Waals surface area contributed by atoms with Crippen molar-refractivity contribution in [2.45, 2.75) is 25.3 Å². The number of hydrogen-bond acceptors (Lipinski definition) is 3. The Morgan fingerprint density at radius 1 is 1.09 bits per heavy atom. The highest BCUT2D eigenvalue weighted by molar-refractivity contribution is 6.09. The summed E-state index contributed by atoms with van der Waals surface area (Å²) in [6, 6.07) is 8.67. The van der Waals surface area contributed by atoms with Gasteiger partial charge in [-0.15, -0.1) is 0 Å². The fourth-order valence-electron chi connectivity index (χ4n) is 3.17. The van der Waals surface area contributed by atoms with Crippen LogP contribution in [0.3, 0.4) is 0 Å². The molecule has 2 aromatic rings. The lowest BCUT2D eigenvalue weighted by atomic mass is 10.0. The van der Waals surface area contributed by atoms with Crippen LogP contribution in [0.4, 0.5) is 0 Å².